The van der Waals surface area contributed by atoms with Gasteiger partial charge < -0.3 is 9.84 Å². The van der Waals surface area contributed by atoms with Crippen LogP contribution >= 0.6 is 0 Å². The number of hydrogen-bond acceptors (Lipinski definition) is 4. The lowest BCUT2D eigenvalue weighted by Gasteiger charge is -2.18. The van der Waals surface area contributed by atoms with Crippen molar-refractivity contribution < 1.29 is 40.6 Å². The highest BCUT2D eigenvalue weighted by Gasteiger charge is 2.30. The Labute approximate surface area is 199 Å². The first-order valence-corrected chi connectivity index (χ1v) is 11.7. The van der Waals surface area contributed by atoms with E-state index in [1.165, 1.54) is 31.3 Å². The van der Waals surface area contributed by atoms with Gasteiger partial charge in [-0.1, -0.05) is 18.2 Å². The van der Waals surface area contributed by atoms with E-state index in [2.05, 4.69) is 0 Å². The number of rotatable bonds is 9. The summed E-state index contributed by atoms with van der Waals surface area (Å²) in [4.78, 5) is 10.8. The Balaban J connectivity index is 1.88. The molecule has 0 saturated carbocycles. The first kappa shape index (κ1) is 26.2. The molecule has 0 bridgehead atoms. The van der Waals surface area contributed by atoms with Crippen molar-refractivity contribution in [3.05, 3.63) is 83.7 Å². The minimum atomic E-state index is -4.58. The molecule has 0 spiro atoms. The molecule has 11 heteroatoms. The van der Waals surface area contributed by atoms with E-state index in [-0.39, 0.29) is 34.7 Å². The summed E-state index contributed by atoms with van der Waals surface area (Å²) in [5.41, 5.74) is 0.101. The normalized spacial score (nSPS) is 12.1. The number of ether oxygens (including phenoxy) is 1. The highest BCUT2D eigenvalue weighted by Crippen LogP contribution is 2.36. The average molecular weight is 511 g/mol. The smallest absolute Gasteiger partial charge is 0.416 e. The first-order chi connectivity index (χ1) is 16.4. The number of hydrogen-bond donors (Lipinski definition) is 1. The van der Waals surface area contributed by atoms with E-state index < -0.39 is 40.2 Å². The molecule has 3 aromatic rings. The van der Waals surface area contributed by atoms with Gasteiger partial charge in [-0.05, 0) is 66.1 Å². The summed E-state index contributed by atoms with van der Waals surface area (Å²) in [5, 5.41) is 8.92. The maximum absolute atomic E-state index is 13.2. The van der Waals surface area contributed by atoms with Crippen molar-refractivity contribution in [2.45, 2.75) is 17.5 Å². The van der Waals surface area contributed by atoms with Crippen LogP contribution in [-0.4, -0.2) is 44.0 Å². The number of benzene rings is 3. The molecular weight excluding hydrogens is 490 g/mol. The second-order valence-corrected chi connectivity index (χ2v) is 9.67. The summed E-state index contributed by atoms with van der Waals surface area (Å²) in [7, 11) is -2.53. The fourth-order valence-electron chi connectivity index (χ4n) is 3.28. The molecule has 0 atom stereocenters. The van der Waals surface area contributed by atoms with Gasteiger partial charge in [0.15, 0.2) is 6.61 Å². The molecule has 3 rings (SSSR count). The van der Waals surface area contributed by atoms with Crippen LogP contribution in [0.25, 0.3) is 11.1 Å². The number of halogens is 4. The van der Waals surface area contributed by atoms with Gasteiger partial charge in [0.2, 0.25) is 10.0 Å². The van der Waals surface area contributed by atoms with Crippen molar-refractivity contribution in [1.29, 1.82) is 0 Å². The van der Waals surface area contributed by atoms with Gasteiger partial charge in [-0.3, -0.25) is 0 Å². The Hall–Kier alpha value is -3.44. The van der Waals surface area contributed by atoms with E-state index in [9.17, 15) is 30.8 Å². The number of aliphatic carboxylic acids is 1. The van der Waals surface area contributed by atoms with Crippen molar-refractivity contribution in [2.75, 3.05) is 20.2 Å². The van der Waals surface area contributed by atoms with Gasteiger partial charge in [0.25, 0.3) is 0 Å². The third kappa shape index (κ3) is 6.58. The van der Waals surface area contributed by atoms with Crippen molar-refractivity contribution in [2.24, 2.45) is 0 Å². The standard InChI is InChI=1S/C24H21F4NO5S/c1-29(35(32,33)20-8-6-19(25)7-9-20)12-11-16-5-10-22(34-15-23(30)31)21(13-16)17-3-2-4-18(14-17)24(26,27)28/h2-10,13-14H,11-12,15H2,1H3,(H,30,31). The maximum Gasteiger partial charge on any atom is 0.416 e. The molecule has 6 nitrogen and oxygen atoms in total. The molecule has 0 unspecified atom stereocenters. The van der Waals surface area contributed by atoms with Crippen LogP contribution in [0.1, 0.15) is 11.1 Å². The molecule has 1 N–H and O–H groups in total. The van der Waals surface area contributed by atoms with E-state index in [4.69, 9.17) is 9.84 Å². The van der Waals surface area contributed by atoms with Crippen LogP contribution in [0.15, 0.2) is 71.6 Å². The van der Waals surface area contributed by atoms with Gasteiger partial charge in [0, 0.05) is 19.2 Å². The molecule has 0 saturated heterocycles. The lowest BCUT2D eigenvalue weighted by molar-refractivity contribution is -0.139. The predicted octanol–water partition coefficient (Wildman–Crippen LogP) is 4.84. The van der Waals surface area contributed by atoms with Crippen LogP contribution in [0.4, 0.5) is 17.6 Å². The van der Waals surface area contributed by atoms with E-state index in [1.807, 2.05) is 0 Å². The number of carboxylic acid groups (broad SMARTS) is 1. The highest BCUT2D eigenvalue weighted by molar-refractivity contribution is 7.89. The molecule has 0 aromatic heterocycles. The minimum absolute atomic E-state index is 0.0249. The van der Waals surface area contributed by atoms with Crippen molar-refractivity contribution >= 4 is 16.0 Å². The summed E-state index contributed by atoms with van der Waals surface area (Å²) >= 11 is 0. The number of nitrogens with zero attached hydrogens (tertiary/aromatic N) is 1. The zero-order valence-corrected chi connectivity index (χ0v) is 19.2. The van der Waals surface area contributed by atoms with Gasteiger partial charge in [-0.25, -0.2) is 21.9 Å². The maximum atomic E-state index is 13.2. The molecule has 35 heavy (non-hydrogen) atoms. The zero-order chi connectivity index (χ0) is 25.8. The summed E-state index contributed by atoms with van der Waals surface area (Å²) in [6.07, 6.45) is -4.38. The quantitative estimate of drug-likeness (QED) is 0.416. The number of carbonyl (C=O) groups is 1. The number of likely N-dealkylation sites (N-methyl/N-ethyl adjacent to an activating group) is 1. The van der Waals surface area contributed by atoms with Crippen LogP contribution in [0.2, 0.25) is 0 Å². The molecule has 0 aliphatic rings. The molecule has 0 aliphatic heterocycles. The van der Waals surface area contributed by atoms with Gasteiger partial charge >= 0.3 is 12.1 Å². The second kappa shape index (κ2) is 10.4. The summed E-state index contributed by atoms with van der Waals surface area (Å²) < 4.78 is 84.5. The number of alkyl halides is 3. The number of carboxylic acids is 1. The first-order valence-electron chi connectivity index (χ1n) is 10.2. The number of sulfonamides is 1. The third-order valence-electron chi connectivity index (χ3n) is 5.13. The minimum Gasteiger partial charge on any atom is -0.481 e. The highest BCUT2D eigenvalue weighted by atomic mass is 32.2. The fraction of sp³-hybridized carbons (Fsp3) is 0.208. The van der Waals surface area contributed by atoms with Gasteiger partial charge in [-0.2, -0.15) is 13.2 Å². The van der Waals surface area contributed by atoms with Gasteiger partial charge in [-0.15, -0.1) is 0 Å². The Morgan fingerprint density at radius 2 is 1.71 bits per heavy atom. The average Bonchev–Trinajstić information content (AvgIpc) is 2.81. The largest absolute Gasteiger partial charge is 0.481 e. The van der Waals surface area contributed by atoms with Crippen LogP contribution in [0.5, 0.6) is 5.75 Å². The predicted molar refractivity (Wildman–Crippen MR) is 120 cm³/mol. The Bertz CT molecular complexity index is 1310. The summed E-state index contributed by atoms with van der Waals surface area (Å²) in [6.45, 7) is -0.666. The molecule has 0 aliphatic carbocycles. The van der Waals surface area contributed by atoms with Crippen LogP contribution in [0.3, 0.4) is 0 Å². The molecule has 3 aromatic carbocycles. The molecule has 0 heterocycles. The van der Waals surface area contributed by atoms with Crippen LogP contribution < -0.4 is 4.74 Å². The lowest BCUT2D eigenvalue weighted by Crippen LogP contribution is -2.29. The van der Waals surface area contributed by atoms with Crippen molar-refractivity contribution in [3.63, 3.8) is 0 Å². The van der Waals surface area contributed by atoms with E-state index in [0.717, 1.165) is 40.7 Å². The van der Waals surface area contributed by atoms with E-state index in [0.29, 0.717) is 5.56 Å². The topological polar surface area (TPSA) is 83.9 Å². The molecule has 0 amide bonds. The monoisotopic (exact) mass is 511 g/mol. The van der Waals surface area contributed by atoms with E-state index >= 15 is 0 Å². The summed E-state index contributed by atoms with van der Waals surface area (Å²) in [6, 6.07) is 13.4. The summed E-state index contributed by atoms with van der Waals surface area (Å²) in [5.74, 6) is -1.75. The molecular formula is C24H21F4NO5S. The lowest BCUT2D eigenvalue weighted by atomic mass is 9.98. The molecule has 0 fully saturated rings. The van der Waals surface area contributed by atoms with Gasteiger partial charge in [0.05, 0.1) is 10.5 Å². The zero-order valence-electron chi connectivity index (χ0n) is 18.4. The SMILES string of the molecule is CN(CCc1ccc(OCC(=O)O)c(-c2cccc(C(F)(F)F)c2)c1)S(=O)(=O)c1ccc(F)cc1. The van der Waals surface area contributed by atoms with Crippen LogP contribution in [-0.2, 0) is 27.4 Å². The van der Waals surface area contributed by atoms with Crippen molar-refractivity contribution in [1.82, 2.24) is 4.31 Å². The fourth-order valence-corrected chi connectivity index (χ4v) is 4.45. The van der Waals surface area contributed by atoms with E-state index in [1.54, 1.807) is 6.07 Å². The van der Waals surface area contributed by atoms with Crippen LogP contribution in [0, 0.1) is 5.82 Å². The molecule has 0 radical (unpaired) electrons. The third-order valence-corrected chi connectivity index (χ3v) is 7.00. The van der Waals surface area contributed by atoms with Gasteiger partial charge in [0.1, 0.15) is 11.6 Å². The van der Waals surface area contributed by atoms with Crippen molar-refractivity contribution in [3.8, 4) is 16.9 Å². The Kier molecular flexibility index (Phi) is 7.81. The Morgan fingerprint density at radius 1 is 1.03 bits per heavy atom. The Morgan fingerprint density at radius 3 is 2.34 bits per heavy atom. The molecule has 186 valence electrons. The second-order valence-electron chi connectivity index (χ2n) is 7.62.